The molecule has 0 atom stereocenters. The number of unbranched alkanes of at least 4 members (excludes halogenated alkanes) is 11. The molecule has 0 radical (unpaired) electrons. The van der Waals surface area contributed by atoms with Crippen LogP contribution in [-0.4, -0.2) is 16.0 Å². The molecule has 23 heavy (non-hydrogen) atoms. The van der Waals surface area contributed by atoms with Gasteiger partial charge in [-0.2, -0.15) is 0 Å². The van der Waals surface area contributed by atoms with Crippen LogP contribution >= 0.6 is 0 Å². The molecule has 0 aliphatic heterocycles. The van der Waals surface area contributed by atoms with Crippen molar-refractivity contribution in [2.45, 2.75) is 130 Å². The molecule has 0 rings (SSSR count). The highest BCUT2D eigenvalue weighted by atomic mass is 16.5. The van der Waals surface area contributed by atoms with Gasteiger partial charge >= 0.3 is 0 Å². The molecule has 2 N–H and O–H groups in total. The van der Waals surface area contributed by atoms with Crippen molar-refractivity contribution in [2.75, 3.05) is 0 Å². The number of rotatable bonds is 16. The summed E-state index contributed by atoms with van der Waals surface area (Å²) in [6.45, 7) is 8.50. The van der Waals surface area contributed by atoms with Crippen molar-refractivity contribution >= 4 is 0 Å². The highest BCUT2D eigenvalue weighted by molar-refractivity contribution is 4.84. The van der Waals surface area contributed by atoms with Gasteiger partial charge in [0.1, 0.15) is 0 Å². The smallest absolute Gasteiger partial charge is 0.167 e. The van der Waals surface area contributed by atoms with Crippen molar-refractivity contribution in [3.8, 4) is 0 Å². The first kappa shape index (κ1) is 22.9. The van der Waals surface area contributed by atoms with E-state index in [9.17, 15) is 10.2 Å². The van der Waals surface area contributed by atoms with E-state index in [1.807, 2.05) is 13.8 Å². The summed E-state index contributed by atoms with van der Waals surface area (Å²) in [6.07, 6.45) is 17.5. The average molecular weight is 329 g/mol. The summed E-state index contributed by atoms with van der Waals surface area (Å²) in [7, 11) is 0. The fraction of sp³-hybridized carbons (Fsp3) is 1.00. The first-order valence-electron chi connectivity index (χ1n) is 10.3. The summed E-state index contributed by atoms with van der Waals surface area (Å²) in [5.74, 6) is -1.51. The standard InChI is InChI=1S/C21H44O2/c1-5-7-9-11-13-14-16-18-20(3,4)21(22,23)19-17-15-12-10-8-6-2/h22-23H,5-19H2,1-4H3. The topological polar surface area (TPSA) is 40.5 Å². The second kappa shape index (κ2) is 13.2. The van der Waals surface area contributed by atoms with Crippen molar-refractivity contribution in [1.82, 2.24) is 0 Å². The molecule has 0 saturated heterocycles. The normalized spacial score (nSPS) is 12.8. The van der Waals surface area contributed by atoms with E-state index in [0.717, 1.165) is 25.7 Å². The van der Waals surface area contributed by atoms with Gasteiger partial charge in [-0.15, -0.1) is 0 Å². The molecule has 0 aliphatic rings. The van der Waals surface area contributed by atoms with Crippen LogP contribution in [0, 0.1) is 5.41 Å². The Morgan fingerprint density at radius 3 is 1.30 bits per heavy atom. The molecule has 0 aromatic heterocycles. The Balaban J connectivity index is 3.84. The van der Waals surface area contributed by atoms with Gasteiger partial charge < -0.3 is 10.2 Å². The highest BCUT2D eigenvalue weighted by Crippen LogP contribution is 2.38. The van der Waals surface area contributed by atoms with Crippen LogP contribution in [0.5, 0.6) is 0 Å². The quantitative estimate of drug-likeness (QED) is 0.248. The van der Waals surface area contributed by atoms with Crippen molar-refractivity contribution in [1.29, 1.82) is 0 Å². The molecule has 2 nitrogen and oxygen atoms in total. The van der Waals surface area contributed by atoms with Gasteiger partial charge in [0.05, 0.1) is 0 Å². The molecule has 0 unspecified atom stereocenters. The lowest BCUT2D eigenvalue weighted by molar-refractivity contribution is -0.240. The molecule has 0 amide bonds. The molecule has 0 spiro atoms. The zero-order valence-electron chi connectivity index (χ0n) is 16.5. The van der Waals surface area contributed by atoms with Crippen LogP contribution in [0.3, 0.4) is 0 Å². The van der Waals surface area contributed by atoms with Crippen LogP contribution in [0.15, 0.2) is 0 Å². The van der Waals surface area contributed by atoms with E-state index >= 15 is 0 Å². The molecule has 0 aromatic carbocycles. The minimum atomic E-state index is -1.51. The summed E-state index contributed by atoms with van der Waals surface area (Å²) in [5, 5.41) is 20.9. The van der Waals surface area contributed by atoms with Crippen LogP contribution in [-0.2, 0) is 0 Å². The van der Waals surface area contributed by atoms with Crippen LogP contribution in [0.2, 0.25) is 0 Å². The van der Waals surface area contributed by atoms with E-state index < -0.39 is 11.2 Å². The van der Waals surface area contributed by atoms with Crippen LogP contribution in [0.4, 0.5) is 0 Å². The Hall–Kier alpha value is -0.0800. The lowest BCUT2D eigenvalue weighted by Crippen LogP contribution is -2.44. The van der Waals surface area contributed by atoms with Crippen LogP contribution in [0.25, 0.3) is 0 Å². The summed E-state index contributed by atoms with van der Waals surface area (Å²) in [5.41, 5.74) is -0.403. The molecule has 2 heteroatoms. The van der Waals surface area contributed by atoms with Gasteiger partial charge in [0.25, 0.3) is 0 Å². The second-order valence-electron chi connectivity index (χ2n) is 8.09. The second-order valence-corrected chi connectivity index (χ2v) is 8.09. The van der Waals surface area contributed by atoms with E-state index in [2.05, 4.69) is 13.8 Å². The van der Waals surface area contributed by atoms with E-state index in [1.165, 1.54) is 64.2 Å². The zero-order valence-corrected chi connectivity index (χ0v) is 16.5. The third-order valence-corrected chi connectivity index (χ3v) is 5.37. The Morgan fingerprint density at radius 2 is 0.870 bits per heavy atom. The maximum Gasteiger partial charge on any atom is 0.167 e. The lowest BCUT2D eigenvalue weighted by atomic mass is 9.76. The third-order valence-electron chi connectivity index (χ3n) is 5.37. The van der Waals surface area contributed by atoms with Gasteiger partial charge in [-0.05, 0) is 12.8 Å². The molecule has 0 bridgehead atoms. The van der Waals surface area contributed by atoms with Gasteiger partial charge in [0.15, 0.2) is 5.79 Å². The third kappa shape index (κ3) is 11.2. The zero-order chi connectivity index (χ0) is 17.6. The minimum absolute atomic E-state index is 0.403. The maximum absolute atomic E-state index is 10.5. The number of hydrogen-bond donors (Lipinski definition) is 2. The Labute approximate surface area is 146 Å². The molecule has 140 valence electrons. The molecule has 0 aromatic rings. The van der Waals surface area contributed by atoms with Crippen molar-refractivity contribution in [3.63, 3.8) is 0 Å². The highest BCUT2D eigenvalue weighted by Gasteiger charge is 2.40. The Bertz CT molecular complexity index is 259. The maximum atomic E-state index is 10.5. The first-order chi connectivity index (χ1) is 10.9. The van der Waals surface area contributed by atoms with Gasteiger partial charge in [-0.3, -0.25) is 0 Å². The first-order valence-corrected chi connectivity index (χ1v) is 10.3. The molecular weight excluding hydrogens is 284 g/mol. The molecule has 0 fully saturated rings. The monoisotopic (exact) mass is 328 g/mol. The van der Waals surface area contributed by atoms with E-state index in [-0.39, 0.29) is 0 Å². The summed E-state index contributed by atoms with van der Waals surface area (Å²) < 4.78 is 0. The number of aliphatic hydroxyl groups is 2. The Kier molecular flexibility index (Phi) is 13.2. The Morgan fingerprint density at radius 1 is 0.522 bits per heavy atom. The van der Waals surface area contributed by atoms with Gasteiger partial charge in [-0.25, -0.2) is 0 Å². The fourth-order valence-electron chi connectivity index (χ4n) is 3.21. The SMILES string of the molecule is CCCCCCCCCC(C)(C)C(O)(O)CCCCCCCC. The van der Waals surface area contributed by atoms with Crippen molar-refractivity contribution in [3.05, 3.63) is 0 Å². The fourth-order valence-corrected chi connectivity index (χ4v) is 3.21. The van der Waals surface area contributed by atoms with Crippen LogP contribution < -0.4 is 0 Å². The van der Waals surface area contributed by atoms with Crippen molar-refractivity contribution < 1.29 is 10.2 Å². The summed E-state index contributed by atoms with van der Waals surface area (Å²) in [6, 6.07) is 0. The summed E-state index contributed by atoms with van der Waals surface area (Å²) >= 11 is 0. The van der Waals surface area contributed by atoms with E-state index in [0.29, 0.717) is 6.42 Å². The lowest BCUT2D eigenvalue weighted by Gasteiger charge is -2.39. The van der Waals surface area contributed by atoms with E-state index in [4.69, 9.17) is 0 Å². The van der Waals surface area contributed by atoms with Gasteiger partial charge in [0.2, 0.25) is 0 Å². The predicted molar refractivity (Wildman–Crippen MR) is 102 cm³/mol. The minimum Gasteiger partial charge on any atom is -0.365 e. The molecular formula is C21H44O2. The average Bonchev–Trinajstić information content (AvgIpc) is 2.49. The molecule has 0 heterocycles. The summed E-state index contributed by atoms with van der Waals surface area (Å²) in [4.78, 5) is 0. The predicted octanol–water partition coefficient (Wildman–Crippen LogP) is 6.58. The molecule has 0 saturated carbocycles. The number of hydrogen-bond acceptors (Lipinski definition) is 2. The van der Waals surface area contributed by atoms with Gasteiger partial charge in [0, 0.05) is 11.8 Å². The van der Waals surface area contributed by atoms with Crippen LogP contribution in [0.1, 0.15) is 124 Å². The largest absolute Gasteiger partial charge is 0.365 e. The van der Waals surface area contributed by atoms with E-state index in [1.54, 1.807) is 0 Å². The van der Waals surface area contributed by atoms with Gasteiger partial charge in [-0.1, -0.05) is 105 Å². The molecule has 0 aliphatic carbocycles. The van der Waals surface area contributed by atoms with Crippen molar-refractivity contribution in [2.24, 2.45) is 5.41 Å².